The van der Waals surface area contributed by atoms with Gasteiger partial charge in [0.2, 0.25) is 0 Å². The van der Waals surface area contributed by atoms with E-state index in [2.05, 4.69) is 31.0 Å². The van der Waals surface area contributed by atoms with E-state index in [1.54, 1.807) is 11.3 Å². The Hall–Kier alpha value is -2.72. The number of thiazole rings is 1. The van der Waals surface area contributed by atoms with E-state index in [0.717, 1.165) is 21.1 Å². The first-order valence-electron chi connectivity index (χ1n) is 8.17. The van der Waals surface area contributed by atoms with Crippen molar-refractivity contribution in [3.63, 3.8) is 0 Å². The second-order valence-electron chi connectivity index (χ2n) is 6.35. The Morgan fingerprint density at radius 1 is 1.00 bits per heavy atom. The highest BCUT2D eigenvalue weighted by atomic mass is 32.1. The average molecular weight is 346 g/mol. The Kier molecular flexibility index (Phi) is 3.77. The summed E-state index contributed by atoms with van der Waals surface area (Å²) in [7, 11) is 1.96. The number of amides is 1. The highest BCUT2D eigenvalue weighted by Crippen LogP contribution is 2.23. The summed E-state index contributed by atoms with van der Waals surface area (Å²) >= 11 is 1.56. The van der Waals surface area contributed by atoms with Crippen LogP contribution in [-0.2, 0) is 7.05 Å². The minimum absolute atomic E-state index is 0.206. The maximum Gasteiger partial charge on any atom is 0.279 e. The van der Waals surface area contributed by atoms with Crippen LogP contribution < -0.4 is 4.80 Å². The predicted octanol–water partition coefficient (Wildman–Crippen LogP) is 4.75. The monoisotopic (exact) mass is 346 g/mol. The lowest BCUT2D eigenvalue weighted by atomic mass is 10.1. The van der Waals surface area contributed by atoms with Crippen molar-refractivity contribution in [3.8, 4) is 0 Å². The lowest BCUT2D eigenvalue weighted by molar-refractivity contribution is 0.0998. The van der Waals surface area contributed by atoms with Crippen molar-refractivity contribution >= 4 is 38.2 Å². The molecule has 1 amide bonds. The van der Waals surface area contributed by atoms with Gasteiger partial charge in [0, 0.05) is 12.6 Å². The number of carbonyl (C=O) groups excluding carboxylic acids is 1. The van der Waals surface area contributed by atoms with E-state index in [4.69, 9.17) is 0 Å². The molecule has 124 valence electrons. The topological polar surface area (TPSA) is 34.4 Å². The van der Waals surface area contributed by atoms with E-state index < -0.39 is 0 Å². The van der Waals surface area contributed by atoms with Gasteiger partial charge in [-0.2, -0.15) is 4.99 Å². The fourth-order valence-electron chi connectivity index (χ4n) is 3.15. The Labute approximate surface area is 149 Å². The van der Waals surface area contributed by atoms with Gasteiger partial charge in [-0.05, 0) is 53.9 Å². The number of benzene rings is 3. The molecule has 4 aromatic rings. The summed E-state index contributed by atoms with van der Waals surface area (Å²) in [4.78, 5) is 17.8. The van der Waals surface area contributed by atoms with E-state index in [9.17, 15) is 4.79 Å². The minimum Gasteiger partial charge on any atom is -0.319 e. The third-order valence-corrected chi connectivity index (χ3v) is 5.72. The van der Waals surface area contributed by atoms with Gasteiger partial charge in [-0.1, -0.05) is 47.7 Å². The van der Waals surface area contributed by atoms with Crippen LogP contribution >= 0.6 is 11.3 Å². The Morgan fingerprint density at radius 3 is 2.56 bits per heavy atom. The minimum atomic E-state index is -0.206. The lowest BCUT2D eigenvalue weighted by Gasteiger charge is -2.01. The molecule has 0 aliphatic carbocycles. The summed E-state index contributed by atoms with van der Waals surface area (Å²) in [5.74, 6) is -0.206. The van der Waals surface area contributed by atoms with Gasteiger partial charge in [-0.15, -0.1) is 0 Å². The van der Waals surface area contributed by atoms with E-state index in [0.29, 0.717) is 5.56 Å². The van der Waals surface area contributed by atoms with Crippen molar-refractivity contribution in [3.05, 3.63) is 76.1 Å². The first-order valence-corrected chi connectivity index (χ1v) is 8.99. The van der Waals surface area contributed by atoms with Crippen LogP contribution in [0.25, 0.3) is 21.0 Å². The number of fused-ring (bicyclic) bond motifs is 2. The molecule has 0 radical (unpaired) electrons. The van der Waals surface area contributed by atoms with Gasteiger partial charge in [0.15, 0.2) is 4.80 Å². The van der Waals surface area contributed by atoms with Crippen LogP contribution in [0.2, 0.25) is 0 Å². The van der Waals surface area contributed by atoms with Crippen LogP contribution in [0, 0.1) is 13.8 Å². The number of hydrogen-bond acceptors (Lipinski definition) is 2. The van der Waals surface area contributed by atoms with E-state index in [-0.39, 0.29) is 5.91 Å². The number of nitrogens with zero attached hydrogens (tertiary/aromatic N) is 2. The summed E-state index contributed by atoms with van der Waals surface area (Å²) in [5.41, 5.74) is 4.16. The average Bonchev–Trinajstić information content (AvgIpc) is 2.91. The van der Waals surface area contributed by atoms with Gasteiger partial charge < -0.3 is 4.57 Å². The molecule has 25 heavy (non-hydrogen) atoms. The van der Waals surface area contributed by atoms with Crippen molar-refractivity contribution in [1.29, 1.82) is 0 Å². The molecule has 3 nitrogen and oxygen atoms in total. The summed E-state index contributed by atoms with van der Waals surface area (Å²) in [6.07, 6.45) is 0. The van der Waals surface area contributed by atoms with Crippen LogP contribution in [0.3, 0.4) is 0 Å². The van der Waals surface area contributed by atoms with Gasteiger partial charge in [-0.25, -0.2) is 0 Å². The number of aromatic nitrogens is 1. The highest BCUT2D eigenvalue weighted by Gasteiger charge is 2.09. The summed E-state index contributed by atoms with van der Waals surface area (Å²) in [6, 6.07) is 18.0. The van der Waals surface area contributed by atoms with E-state index in [1.165, 1.54) is 15.8 Å². The van der Waals surface area contributed by atoms with Gasteiger partial charge in [-0.3, -0.25) is 4.79 Å². The summed E-state index contributed by atoms with van der Waals surface area (Å²) in [6.45, 7) is 4.18. The molecule has 0 aliphatic heterocycles. The molecule has 0 fully saturated rings. The Morgan fingerprint density at radius 2 is 1.76 bits per heavy atom. The second kappa shape index (κ2) is 5.97. The Bertz CT molecular complexity index is 1200. The first-order chi connectivity index (χ1) is 12.0. The fraction of sp³-hybridized carbons (Fsp3) is 0.143. The highest BCUT2D eigenvalue weighted by molar-refractivity contribution is 7.16. The molecular weight excluding hydrogens is 328 g/mol. The zero-order chi connectivity index (χ0) is 17.6. The van der Waals surface area contributed by atoms with Crippen LogP contribution in [0.15, 0.2) is 59.6 Å². The maximum absolute atomic E-state index is 12.7. The molecule has 0 spiro atoms. The molecule has 0 unspecified atom stereocenters. The van der Waals surface area contributed by atoms with Gasteiger partial charge >= 0.3 is 0 Å². The molecule has 0 bridgehead atoms. The van der Waals surface area contributed by atoms with Crippen LogP contribution in [0.4, 0.5) is 0 Å². The molecule has 1 aromatic heterocycles. The number of aryl methyl sites for hydroxylation is 3. The van der Waals surface area contributed by atoms with Crippen molar-refractivity contribution in [1.82, 2.24) is 4.57 Å². The molecule has 0 aliphatic rings. The SMILES string of the molecule is Cc1cc(C)c2sc(=NC(=O)c3ccc4ccccc4c3)n(C)c2c1. The van der Waals surface area contributed by atoms with E-state index >= 15 is 0 Å². The third kappa shape index (κ3) is 2.79. The third-order valence-electron chi connectivity index (χ3n) is 4.43. The molecule has 3 aromatic carbocycles. The normalized spacial score (nSPS) is 12.2. The van der Waals surface area contributed by atoms with Gasteiger partial charge in [0.05, 0.1) is 10.2 Å². The number of carbonyl (C=O) groups is 1. The number of hydrogen-bond donors (Lipinski definition) is 0. The van der Waals surface area contributed by atoms with Crippen LogP contribution in [-0.4, -0.2) is 10.5 Å². The van der Waals surface area contributed by atoms with Crippen molar-refractivity contribution in [2.24, 2.45) is 12.0 Å². The molecule has 0 saturated heterocycles. The quantitative estimate of drug-likeness (QED) is 0.490. The number of rotatable bonds is 1. The maximum atomic E-state index is 12.7. The molecule has 4 heteroatoms. The largest absolute Gasteiger partial charge is 0.319 e. The Balaban J connectivity index is 1.84. The van der Waals surface area contributed by atoms with Crippen molar-refractivity contribution < 1.29 is 4.79 Å². The second-order valence-corrected chi connectivity index (χ2v) is 7.33. The van der Waals surface area contributed by atoms with Crippen LogP contribution in [0.1, 0.15) is 21.5 Å². The molecule has 4 rings (SSSR count). The van der Waals surface area contributed by atoms with Crippen molar-refractivity contribution in [2.45, 2.75) is 13.8 Å². The molecule has 0 saturated carbocycles. The van der Waals surface area contributed by atoms with Gasteiger partial charge in [0.1, 0.15) is 0 Å². The van der Waals surface area contributed by atoms with E-state index in [1.807, 2.05) is 54.1 Å². The molecule has 0 N–H and O–H groups in total. The standard InChI is InChI=1S/C21H18N2OS/c1-13-10-14(2)19-18(11-13)23(3)21(25-19)22-20(24)17-9-8-15-6-4-5-7-16(15)12-17/h4-12H,1-3H3. The summed E-state index contributed by atoms with van der Waals surface area (Å²) in [5, 5.41) is 2.17. The molecular formula is C21H18N2OS. The van der Waals surface area contributed by atoms with Crippen molar-refractivity contribution in [2.75, 3.05) is 0 Å². The van der Waals surface area contributed by atoms with Crippen LogP contribution in [0.5, 0.6) is 0 Å². The fourth-order valence-corrected chi connectivity index (χ4v) is 4.21. The molecule has 1 heterocycles. The zero-order valence-corrected chi connectivity index (χ0v) is 15.2. The first kappa shape index (κ1) is 15.8. The zero-order valence-electron chi connectivity index (χ0n) is 14.4. The smallest absolute Gasteiger partial charge is 0.279 e. The van der Waals surface area contributed by atoms with Gasteiger partial charge in [0.25, 0.3) is 5.91 Å². The lowest BCUT2D eigenvalue weighted by Crippen LogP contribution is -2.13. The molecule has 0 atom stereocenters. The predicted molar refractivity (Wildman–Crippen MR) is 104 cm³/mol. The summed E-state index contributed by atoms with van der Waals surface area (Å²) < 4.78 is 3.18.